The molecule has 4 heteroatoms. The van der Waals surface area contributed by atoms with Crippen molar-refractivity contribution in [3.05, 3.63) is 36.4 Å². The summed E-state index contributed by atoms with van der Waals surface area (Å²) >= 11 is 1.54. The van der Waals surface area contributed by atoms with E-state index in [0.29, 0.717) is 5.13 Å². The van der Waals surface area contributed by atoms with Crippen LogP contribution in [0.15, 0.2) is 30.9 Å². The molecule has 1 aromatic carbocycles. The minimum atomic E-state index is 0.635. The van der Waals surface area contributed by atoms with Crippen molar-refractivity contribution >= 4 is 26.7 Å². The molecule has 0 amide bonds. The fourth-order valence-electron chi connectivity index (χ4n) is 1.83. The van der Waals surface area contributed by atoms with E-state index >= 15 is 0 Å². The molecule has 1 heterocycles. The second-order valence-electron chi connectivity index (χ2n) is 3.97. The van der Waals surface area contributed by atoms with Crippen LogP contribution in [0.1, 0.15) is 12.5 Å². The van der Waals surface area contributed by atoms with Gasteiger partial charge in [0.25, 0.3) is 0 Å². The third kappa shape index (κ3) is 2.84. The Morgan fingerprint density at radius 3 is 3.06 bits per heavy atom. The lowest BCUT2D eigenvalue weighted by molar-refractivity contribution is 0.311. The zero-order valence-electron chi connectivity index (χ0n) is 10.0. The number of nitrogens with two attached hydrogens (primary N) is 1. The van der Waals surface area contributed by atoms with Crippen molar-refractivity contribution in [1.82, 2.24) is 9.88 Å². The Labute approximate surface area is 106 Å². The van der Waals surface area contributed by atoms with Gasteiger partial charge in [-0.05, 0) is 24.2 Å². The van der Waals surface area contributed by atoms with Crippen LogP contribution >= 0.6 is 11.3 Å². The highest BCUT2D eigenvalue weighted by atomic mass is 32.1. The average Bonchev–Trinajstić information content (AvgIpc) is 2.68. The van der Waals surface area contributed by atoms with Crippen molar-refractivity contribution in [2.24, 2.45) is 0 Å². The van der Waals surface area contributed by atoms with E-state index in [1.165, 1.54) is 5.56 Å². The predicted octanol–water partition coefficient (Wildman–Crippen LogP) is 2.89. The zero-order valence-corrected chi connectivity index (χ0v) is 10.8. The van der Waals surface area contributed by atoms with Gasteiger partial charge in [0, 0.05) is 13.1 Å². The molecule has 0 atom stereocenters. The minimum absolute atomic E-state index is 0.635. The van der Waals surface area contributed by atoms with Crippen LogP contribution in [0.4, 0.5) is 5.13 Å². The molecule has 0 aliphatic rings. The smallest absolute Gasteiger partial charge is 0.181 e. The van der Waals surface area contributed by atoms with Crippen LogP contribution < -0.4 is 5.73 Å². The van der Waals surface area contributed by atoms with Gasteiger partial charge in [0.15, 0.2) is 5.13 Å². The van der Waals surface area contributed by atoms with Gasteiger partial charge >= 0.3 is 0 Å². The Hall–Kier alpha value is -1.39. The van der Waals surface area contributed by atoms with Gasteiger partial charge in [0.05, 0.1) is 10.2 Å². The fraction of sp³-hybridized carbons (Fsp3) is 0.308. The molecule has 0 radical (unpaired) electrons. The van der Waals surface area contributed by atoms with E-state index in [0.717, 1.165) is 29.9 Å². The second kappa shape index (κ2) is 5.29. The molecule has 2 N–H and O–H groups in total. The molecule has 0 spiro atoms. The van der Waals surface area contributed by atoms with E-state index in [-0.39, 0.29) is 0 Å². The van der Waals surface area contributed by atoms with Gasteiger partial charge in [-0.25, -0.2) is 4.98 Å². The summed E-state index contributed by atoms with van der Waals surface area (Å²) in [5.41, 5.74) is 7.98. The molecule has 0 saturated heterocycles. The average molecular weight is 247 g/mol. The van der Waals surface area contributed by atoms with Crippen LogP contribution in [-0.2, 0) is 6.54 Å². The SMILES string of the molecule is C=CCN(CC)Cc1ccc2nc(N)sc2c1. The van der Waals surface area contributed by atoms with Gasteiger partial charge < -0.3 is 5.73 Å². The first-order valence-electron chi connectivity index (χ1n) is 5.71. The third-order valence-electron chi connectivity index (χ3n) is 2.71. The number of fused-ring (bicyclic) bond motifs is 1. The highest BCUT2D eigenvalue weighted by Gasteiger charge is 2.05. The summed E-state index contributed by atoms with van der Waals surface area (Å²) in [7, 11) is 0. The molecule has 0 saturated carbocycles. The lowest BCUT2D eigenvalue weighted by Crippen LogP contribution is -2.22. The van der Waals surface area contributed by atoms with Crippen LogP contribution in [0.2, 0.25) is 0 Å². The fourth-order valence-corrected chi connectivity index (χ4v) is 2.63. The second-order valence-corrected chi connectivity index (χ2v) is 5.03. The van der Waals surface area contributed by atoms with Gasteiger partial charge in [-0.1, -0.05) is 30.4 Å². The maximum absolute atomic E-state index is 5.70. The summed E-state index contributed by atoms with van der Waals surface area (Å²) in [5.74, 6) is 0. The number of rotatable bonds is 5. The lowest BCUT2D eigenvalue weighted by Gasteiger charge is -2.18. The van der Waals surface area contributed by atoms with Gasteiger partial charge in [-0.2, -0.15) is 0 Å². The molecular formula is C13H17N3S. The number of hydrogen-bond acceptors (Lipinski definition) is 4. The number of anilines is 1. The summed E-state index contributed by atoms with van der Waals surface area (Å²) in [4.78, 5) is 6.59. The summed E-state index contributed by atoms with van der Waals surface area (Å²) < 4.78 is 1.16. The van der Waals surface area contributed by atoms with Crippen molar-refractivity contribution in [3.8, 4) is 0 Å². The van der Waals surface area contributed by atoms with Gasteiger partial charge in [-0.3, -0.25) is 4.90 Å². The van der Waals surface area contributed by atoms with Crippen LogP contribution in [0.5, 0.6) is 0 Å². The molecule has 0 bridgehead atoms. The first-order chi connectivity index (χ1) is 8.22. The molecular weight excluding hydrogens is 230 g/mol. The Bertz CT molecular complexity index is 518. The van der Waals surface area contributed by atoms with E-state index in [4.69, 9.17) is 5.73 Å². The largest absolute Gasteiger partial charge is 0.375 e. The molecule has 2 aromatic rings. The van der Waals surface area contributed by atoms with Crippen molar-refractivity contribution in [2.75, 3.05) is 18.8 Å². The van der Waals surface area contributed by atoms with Crippen molar-refractivity contribution in [3.63, 3.8) is 0 Å². The van der Waals surface area contributed by atoms with Crippen molar-refractivity contribution < 1.29 is 0 Å². The van der Waals surface area contributed by atoms with Crippen LogP contribution in [0, 0.1) is 0 Å². The maximum Gasteiger partial charge on any atom is 0.181 e. The van der Waals surface area contributed by atoms with Crippen LogP contribution in [0.25, 0.3) is 10.2 Å². The number of thiazole rings is 1. The van der Waals surface area contributed by atoms with E-state index in [9.17, 15) is 0 Å². The highest BCUT2D eigenvalue weighted by Crippen LogP contribution is 2.25. The van der Waals surface area contributed by atoms with Crippen LogP contribution in [0.3, 0.4) is 0 Å². The van der Waals surface area contributed by atoms with Gasteiger partial charge in [0.1, 0.15) is 0 Å². The summed E-state index contributed by atoms with van der Waals surface area (Å²) in [6.07, 6.45) is 1.94. The van der Waals surface area contributed by atoms with E-state index in [1.54, 1.807) is 11.3 Å². The molecule has 3 nitrogen and oxygen atoms in total. The summed E-state index contributed by atoms with van der Waals surface area (Å²) in [6, 6.07) is 6.33. The molecule has 2 rings (SSSR count). The molecule has 1 aromatic heterocycles. The highest BCUT2D eigenvalue weighted by molar-refractivity contribution is 7.22. The third-order valence-corrected chi connectivity index (χ3v) is 3.56. The molecule has 0 fully saturated rings. The first kappa shape index (κ1) is 12.1. The number of nitrogen functional groups attached to an aromatic ring is 1. The number of aromatic nitrogens is 1. The normalized spacial score (nSPS) is 11.2. The van der Waals surface area contributed by atoms with Crippen LogP contribution in [-0.4, -0.2) is 23.0 Å². The minimum Gasteiger partial charge on any atom is -0.375 e. The summed E-state index contributed by atoms with van der Waals surface area (Å²) in [5, 5.41) is 0.635. The topological polar surface area (TPSA) is 42.2 Å². The van der Waals surface area contributed by atoms with E-state index in [2.05, 4.69) is 35.5 Å². The molecule has 0 unspecified atom stereocenters. The predicted molar refractivity (Wildman–Crippen MR) is 75.2 cm³/mol. The number of nitrogens with zero attached hydrogens (tertiary/aromatic N) is 2. The number of likely N-dealkylation sites (N-methyl/N-ethyl adjacent to an activating group) is 1. The number of hydrogen-bond donors (Lipinski definition) is 1. The Morgan fingerprint density at radius 2 is 2.35 bits per heavy atom. The van der Waals surface area contributed by atoms with Gasteiger partial charge in [0.2, 0.25) is 0 Å². The van der Waals surface area contributed by atoms with Crippen molar-refractivity contribution in [2.45, 2.75) is 13.5 Å². The van der Waals surface area contributed by atoms with Gasteiger partial charge in [-0.15, -0.1) is 6.58 Å². The molecule has 90 valence electrons. The first-order valence-corrected chi connectivity index (χ1v) is 6.52. The van der Waals surface area contributed by atoms with E-state index in [1.807, 2.05) is 12.1 Å². The standard InChI is InChI=1S/C13H17N3S/c1-3-7-16(4-2)9-10-5-6-11-12(8-10)17-13(14)15-11/h3,5-6,8H,1,4,7,9H2,2H3,(H2,14,15). The molecule has 0 aliphatic heterocycles. The maximum atomic E-state index is 5.70. The quantitative estimate of drug-likeness (QED) is 0.826. The zero-order chi connectivity index (χ0) is 12.3. The molecule has 0 aliphatic carbocycles. The molecule has 17 heavy (non-hydrogen) atoms. The Kier molecular flexibility index (Phi) is 3.76. The monoisotopic (exact) mass is 247 g/mol. The van der Waals surface area contributed by atoms with E-state index < -0.39 is 0 Å². The Balaban J connectivity index is 2.20. The lowest BCUT2D eigenvalue weighted by atomic mass is 10.2. The summed E-state index contributed by atoms with van der Waals surface area (Å²) in [6.45, 7) is 8.82. The number of benzene rings is 1. The van der Waals surface area contributed by atoms with Crippen molar-refractivity contribution in [1.29, 1.82) is 0 Å². The Morgan fingerprint density at radius 1 is 1.53 bits per heavy atom.